The van der Waals surface area contributed by atoms with Crippen LogP contribution in [0, 0.1) is 11.7 Å². The molecule has 0 fully saturated rings. The standard InChI is InChI=1S/C33H34FNO2/c1-4-13-28(24(2)27-16-11-8-12-17-27)29-22-35(23-32(37-3)33(29)36)31-21-26(18-19-30(31)34)20-25-14-9-6-5-7-10-15-25/h4-6,8-9,11-14,16-19,21-25H,1,7,10,15,20H2,2-3H3. The average molecular weight is 496 g/mol. The second-order valence-corrected chi connectivity index (χ2v) is 9.46. The van der Waals surface area contributed by atoms with E-state index in [1.165, 1.54) is 13.2 Å². The zero-order valence-corrected chi connectivity index (χ0v) is 21.6. The molecule has 1 aliphatic rings. The highest BCUT2D eigenvalue weighted by Gasteiger charge is 2.20. The number of hydrogen-bond donors (Lipinski definition) is 0. The Bertz CT molecular complexity index is 1380. The van der Waals surface area contributed by atoms with E-state index < -0.39 is 0 Å². The molecule has 0 bridgehead atoms. The number of rotatable bonds is 8. The summed E-state index contributed by atoms with van der Waals surface area (Å²) in [5, 5.41) is 0. The minimum atomic E-state index is -0.359. The number of aromatic nitrogens is 1. The number of pyridine rings is 1. The van der Waals surface area contributed by atoms with Gasteiger partial charge >= 0.3 is 0 Å². The number of halogens is 1. The number of ether oxygens (including phenoxy) is 1. The van der Waals surface area contributed by atoms with Crippen LogP contribution < -0.4 is 10.2 Å². The van der Waals surface area contributed by atoms with Crippen LogP contribution in [-0.2, 0) is 6.42 Å². The highest BCUT2D eigenvalue weighted by atomic mass is 19.1. The van der Waals surface area contributed by atoms with E-state index in [2.05, 4.69) is 30.9 Å². The fourth-order valence-corrected chi connectivity index (χ4v) is 4.90. The molecular formula is C33H34FNO2. The second-order valence-electron chi connectivity index (χ2n) is 9.46. The van der Waals surface area contributed by atoms with Crippen molar-refractivity contribution in [1.29, 1.82) is 0 Å². The normalized spacial score (nSPS) is 16.6. The van der Waals surface area contributed by atoms with Crippen molar-refractivity contribution in [3.63, 3.8) is 0 Å². The molecule has 4 rings (SSSR count). The first kappa shape index (κ1) is 26.2. The third-order valence-electron chi connectivity index (χ3n) is 6.95. The number of methoxy groups -OCH3 is 1. The summed E-state index contributed by atoms with van der Waals surface area (Å²) in [7, 11) is 1.46. The van der Waals surface area contributed by atoms with Gasteiger partial charge in [-0.15, -0.1) is 0 Å². The lowest BCUT2D eigenvalue weighted by molar-refractivity contribution is 0.407. The van der Waals surface area contributed by atoms with Crippen LogP contribution in [0.5, 0.6) is 5.75 Å². The minimum Gasteiger partial charge on any atom is -0.491 e. The molecule has 0 aliphatic heterocycles. The Morgan fingerprint density at radius 3 is 2.76 bits per heavy atom. The summed E-state index contributed by atoms with van der Waals surface area (Å²) in [6.07, 6.45) is 19.6. The maximum Gasteiger partial charge on any atom is 0.230 e. The Balaban J connectivity index is 1.77. The lowest BCUT2D eigenvalue weighted by atomic mass is 9.88. The molecule has 0 radical (unpaired) electrons. The van der Waals surface area contributed by atoms with E-state index in [4.69, 9.17) is 4.74 Å². The Kier molecular flexibility index (Phi) is 8.73. The van der Waals surface area contributed by atoms with Gasteiger partial charge in [0.1, 0.15) is 5.82 Å². The van der Waals surface area contributed by atoms with Crippen molar-refractivity contribution in [2.45, 2.75) is 38.5 Å². The molecule has 0 spiro atoms. The first-order valence-corrected chi connectivity index (χ1v) is 12.8. The minimum absolute atomic E-state index is 0.0798. The van der Waals surface area contributed by atoms with E-state index in [9.17, 15) is 4.79 Å². The molecule has 0 N–H and O–H groups in total. The summed E-state index contributed by atoms with van der Waals surface area (Å²) in [5.41, 5.74) is 3.52. The molecule has 1 aliphatic carbocycles. The molecule has 0 amide bonds. The summed E-state index contributed by atoms with van der Waals surface area (Å²) in [6, 6.07) is 15.2. The van der Waals surface area contributed by atoms with Gasteiger partial charge in [0.05, 0.1) is 19.0 Å². The SMILES string of the molecule is C=CC=C(c1cn(-c2cc(CC3C=CC=CCCC3)ccc2F)cc(OC)c1=O)C(C)c1ccccc1. The van der Waals surface area contributed by atoms with Crippen molar-refractivity contribution < 1.29 is 9.13 Å². The van der Waals surface area contributed by atoms with E-state index in [0.717, 1.165) is 42.4 Å². The monoisotopic (exact) mass is 495 g/mol. The van der Waals surface area contributed by atoms with Crippen LogP contribution in [0.25, 0.3) is 11.3 Å². The summed E-state index contributed by atoms with van der Waals surface area (Å²) in [6.45, 7) is 5.91. The largest absolute Gasteiger partial charge is 0.491 e. The number of allylic oxidation sites excluding steroid dienone is 7. The molecule has 0 saturated carbocycles. The third kappa shape index (κ3) is 6.26. The molecule has 190 valence electrons. The van der Waals surface area contributed by atoms with Crippen molar-refractivity contribution in [3.05, 3.63) is 137 Å². The maximum absolute atomic E-state index is 15.2. The molecule has 2 aromatic carbocycles. The van der Waals surface area contributed by atoms with Crippen LogP contribution in [0.3, 0.4) is 0 Å². The van der Waals surface area contributed by atoms with Crippen molar-refractivity contribution in [2.75, 3.05) is 7.11 Å². The van der Waals surface area contributed by atoms with Crippen LogP contribution in [0.4, 0.5) is 4.39 Å². The summed E-state index contributed by atoms with van der Waals surface area (Å²) in [5.74, 6) is 0.120. The van der Waals surface area contributed by atoms with Crippen molar-refractivity contribution >= 4 is 5.57 Å². The second kappa shape index (κ2) is 12.4. The molecule has 2 unspecified atom stereocenters. The summed E-state index contributed by atoms with van der Waals surface area (Å²) in [4.78, 5) is 13.4. The van der Waals surface area contributed by atoms with E-state index >= 15 is 4.39 Å². The molecular weight excluding hydrogens is 461 g/mol. The zero-order valence-electron chi connectivity index (χ0n) is 21.6. The van der Waals surface area contributed by atoms with Gasteiger partial charge in [0, 0.05) is 17.7 Å². The van der Waals surface area contributed by atoms with Gasteiger partial charge in [0.25, 0.3) is 0 Å². The van der Waals surface area contributed by atoms with Crippen LogP contribution in [0.1, 0.15) is 48.8 Å². The van der Waals surface area contributed by atoms with Gasteiger partial charge in [-0.3, -0.25) is 4.79 Å². The van der Waals surface area contributed by atoms with E-state index in [1.54, 1.807) is 23.0 Å². The van der Waals surface area contributed by atoms with Crippen molar-refractivity contribution in [3.8, 4) is 11.4 Å². The van der Waals surface area contributed by atoms with Gasteiger partial charge in [-0.05, 0) is 60.4 Å². The van der Waals surface area contributed by atoms with Gasteiger partial charge in [-0.2, -0.15) is 0 Å². The predicted molar refractivity (Wildman–Crippen MR) is 151 cm³/mol. The number of benzene rings is 2. The van der Waals surface area contributed by atoms with Crippen LogP contribution in [0.15, 0.2) is 109 Å². The van der Waals surface area contributed by atoms with Crippen LogP contribution >= 0.6 is 0 Å². The lowest BCUT2D eigenvalue weighted by Gasteiger charge is -2.20. The molecule has 2 atom stereocenters. The average Bonchev–Trinajstić information content (AvgIpc) is 2.90. The molecule has 37 heavy (non-hydrogen) atoms. The summed E-state index contributed by atoms with van der Waals surface area (Å²) < 4.78 is 22.3. The maximum atomic E-state index is 15.2. The molecule has 1 aromatic heterocycles. The first-order chi connectivity index (χ1) is 18.0. The van der Waals surface area contributed by atoms with Crippen LogP contribution in [-0.4, -0.2) is 11.7 Å². The highest BCUT2D eigenvalue weighted by Crippen LogP contribution is 2.32. The zero-order chi connectivity index (χ0) is 26.2. The topological polar surface area (TPSA) is 31.2 Å². The molecule has 4 heteroatoms. The Hall–Kier alpha value is -3.92. The van der Waals surface area contributed by atoms with Gasteiger partial charge in [0.2, 0.25) is 5.43 Å². The number of nitrogens with zero attached hydrogens (tertiary/aromatic N) is 1. The van der Waals surface area contributed by atoms with Gasteiger partial charge in [0.15, 0.2) is 5.75 Å². The molecule has 3 nitrogen and oxygen atoms in total. The highest BCUT2D eigenvalue weighted by molar-refractivity contribution is 5.73. The molecule has 3 aromatic rings. The fourth-order valence-electron chi connectivity index (χ4n) is 4.90. The molecule has 1 heterocycles. The summed E-state index contributed by atoms with van der Waals surface area (Å²) >= 11 is 0. The van der Waals surface area contributed by atoms with E-state index in [0.29, 0.717) is 17.2 Å². The van der Waals surface area contributed by atoms with Gasteiger partial charge in [-0.1, -0.05) is 86.4 Å². The number of hydrogen-bond acceptors (Lipinski definition) is 2. The molecule has 0 saturated heterocycles. The van der Waals surface area contributed by atoms with Gasteiger partial charge in [-0.25, -0.2) is 4.39 Å². The third-order valence-corrected chi connectivity index (χ3v) is 6.95. The smallest absolute Gasteiger partial charge is 0.230 e. The first-order valence-electron chi connectivity index (χ1n) is 12.8. The Morgan fingerprint density at radius 2 is 2.00 bits per heavy atom. The van der Waals surface area contributed by atoms with Gasteiger partial charge < -0.3 is 9.30 Å². The fraction of sp³-hybridized carbons (Fsp3) is 0.242. The quantitative estimate of drug-likeness (QED) is 0.298. The van der Waals surface area contributed by atoms with E-state index in [1.807, 2.05) is 55.5 Å². The Morgan fingerprint density at radius 1 is 1.19 bits per heavy atom. The predicted octanol–water partition coefficient (Wildman–Crippen LogP) is 7.81. The van der Waals surface area contributed by atoms with Crippen LogP contribution in [0.2, 0.25) is 0 Å². The Labute approximate surface area is 218 Å². The van der Waals surface area contributed by atoms with Crippen molar-refractivity contribution in [1.82, 2.24) is 4.57 Å². The van der Waals surface area contributed by atoms with Crippen molar-refractivity contribution in [2.24, 2.45) is 5.92 Å². The lowest BCUT2D eigenvalue weighted by Crippen LogP contribution is -2.17. The van der Waals surface area contributed by atoms with E-state index in [-0.39, 0.29) is 22.9 Å².